The summed E-state index contributed by atoms with van der Waals surface area (Å²) in [6, 6.07) is 14.0. The molecule has 186 valence electrons. The Morgan fingerprint density at radius 1 is 1.03 bits per heavy atom. The van der Waals surface area contributed by atoms with E-state index < -0.39 is 22.0 Å². The number of rotatable bonds is 8. The molecular weight excluding hydrogens is 464 g/mol. The molecule has 0 radical (unpaired) electrons. The number of aromatic nitrogens is 2. The van der Waals surface area contributed by atoms with Crippen LogP contribution in [0.1, 0.15) is 25.2 Å². The summed E-state index contributed by atoms with van der Waals surface area (Å²) in [5.41, 5.74) is 7.40. The summed E-state index contributed by atoms with van der Waals surface area (Å²) in [5, 5.41) is 4.03. The Kier molecular flexibility index (Phi) is 7.34. The monoisotopic (exact) mass is 496 g/mol. The maximum Gasteiger partial charge on any atom is 0.243 e. The van der Waals surface area contributed by atoms with E-state index in [2.05, 4.69) is 10.2 Å². The van der Waals surface area contributed by atoms with Gasteiger partial charge in [-0.25, -0.2) is 18.4 Å². The summed E-state index contributed by atoms with van der Waals surface area (Å²) in [5.74, 6) is 0.736. The number of primary amides is 1. The van der Waals surface area contributed by atoms with Crippen molar-refractivity contribution in [2.45, 2.75) is 38.3 Å². The molecule has 0 spiro atoms. The van der Waals surface area contributed by atoms with Crippen LogP contribution in [0.2, 0.25) is 0 Å². The Balaban J connectivity index is 1.49. The zero-order valence-electron chi connectivity index (χ0n) is 20.3. The van der Waals surface area contributed by atoms with Gasteiger partial charge in [0.05, 0.1) is 17.0 Å². The third kappa shape index (κ3) is 5.61. The van der Waals surface area contributed by atoms with Gasteiger partial charge in [0.2, 0.25) is 15.9 Å². The minimum Gasteiger partial charge on any atom is -0.368 e. The lowest BCUT2D eigenvalue weighted by atomic mass is 10.0. The number of sulfonamides is 1. The zero-order valence-corrected chi connectivity index (χ0v) is 21.1. The van der Waals surface area contributed by atoms with Gasteiger partial charge in [0.25, 0.3) is 0 Å². The quantitative estimate of drug-likeness (QED) is 0.491. The van der Waals surface area contributed by atoms with Gasteiger partial charge >= 0.3 is 0 Å². The highest BCUT2D eigenvalue weighted by atomic mass is 32.2. The Morgan fingerprint density at radius 2 is 1.69 bits per heavy atom. The van der Waals surface area contributed by atoms with Gasteiger partial charge in [-0.15, -0.1) is 0 Å². The average Bonchev–Trinajstić information content (AvgIpc) is 2.82. The highest BCUT2D eigenvalue weighted by Gasteiger charge is 2.29. The number of nitrogens with one attached hydrogen (secondary N) is 1. The van der Waals surface area contributed by atoms with Gasteiger partial charge in [-0.05, 0) is 37.1 Å². The van der Waals surface area contributed by atoms with Crippen LogP contribution in [0.5, 0.6) is 0 Å². The van der Waals surface area contributed by atoms with E-state index in [0.717, 1.165) is 16.5 Å². The fourth-order valence-corrected chi connectivity index (χ4v) is 5.63. The van der Waals surface area contributed by atoms with Crippen LogP contribution >= 0.6 is 0 Å². The number of benzene rings is 2. The van der Waals surface area contributed by atoms with Crippen LogP contribution in [0.15, 0.2) is 53.4 Å². The normalized spacial score (nSPS) is 16.5. The van der Waals surface area contributed by atoms with E-state index >= 15 is 0 Å². The standard InChI is InChI=1S/C25H32N6O3S/c1-17(2)23(24(26)32)29-25-20-6-4-5-7-21(20)27-22(28-25)16-30-12-14-31(15-13-30)35(33,34)19-10-8-18(3)9-11-19/h4-11,17,23H,12-16H2,1-3H3,(H2,26,32)(H,27,28,29)/t23-/m0/s1. The number of hydrogen-bond donors (Lipinski definition) is 2. The number of piperazine rings is 1. The summed E-state index contributed by atoms with van der Waals surface area (Å²) < 4.78 is 27.5. The number of carbonyl (C=O) groups excluding carboxylic acids is 1. The molecule has 1 atom stereocenters. The molecule has 9 nitrogen and oxygen atoms in total. The van der Waals surface area contributed by atoms with Crippen LogP contribution in [0.4, 0.5) is 5.82 Å². The lowest BCUT2D eigenvalue weighted by Gasteiger charge is -2.33. The van der Waals surface area contributed by atoms with Crippen LogP contribution in [0, 0.1) is 12.8 Å². The Morgan fingerprint density at radius 3 is 2.31 bits per heavy atom. The second-order valence-corrected chi connectivity index (χ2v) is 11.2. The van der Waals surface area contributed by atoms with Gasteiger partial charge in [-0.3, -0.25) is 9.69 Å². The Hall–Kier alpha value is -3.08. The maximum absolute atomic E-state index is 13.0. The van der Waals surface area contributed by atoms with Crippen molar-refractivity contribution in [1.82, 2.24) is 19.2 Å². The summed E-state index contributed by atoms with van der Waals surface area (Å²) in [6.45, 7) is 8.19. The molecule has 1 fully saturated rings. The molecule has 0 saturated carbocycles. The molecule has 0 aliphatic carbocycles. The summed E-state index contributed by atoms with van der Waals surface area (Å²) in [6.07, 6.45) is 0. The van der Waals surface area contributed by atoms with Gasteiger partial charge in [-0.1, -0.05) is 43.7 Å². The number of hydrogen-bond acceptors (Lipinski definition) is 7. The molecule has 0 unspecified atom stereocenters. The lowest BCUT2D eigenvalue weighted by Crippen LogP contribution is -2.48. The average molecular weight is 497 g/mol. The number of para-hydroxylation sites is 1. The van der Waals surface area contributed by atoms with E-state index in [9.17, 15) is 13.2 Å². The van der Waals surface area contributed by atoms with Crippen LogP contribution in [-0.2, 0) is 21.4 Å². The van der Waals surface area contributed by atoms with E-state index in [0.29, 0.717) is 49.3 Å². The maximum atomic E-state index is 13.0. The predicted octanol–water partition coefficient (Wildman–Crippen LogP) is 2.37. The van der Waals surface area contributed by atoms with Crippen molar-refractivity contribution >= 4 is 32.7 Å². The largest absolute Gasteiger partial charge is 0.368 e. The Labute approximate surface area is 206 Å². The number of nitrogens with two attached hydrogens (primary N) is 1. The third-order valence-electron chi connectivity index (χ3n) is 6.27. The molecule has 3 aromatic rings. The highest BCUT2D eigenvalue weighted by Crippen LogP contribution is 2.24. The van der Waals surface area contributed by atoms with Crippen LogP contribution in [0.25, 0.3) is 10.9 Å². The van der Waals surface area contributed by atoms with Gasteiger partial charge < -0.3 is 11.1 Å². The van der Waals surface area contributed by atoms with Crippen molar-refractivity contribution < 1.29 is 13.2 Å². The predicted molar refractivity (Wildman–Crippen MR) is 136 cm³/mol. The second kappa shape index (κ2) is 10.3. The van der Waals surface area contributed by atoms with Crippen LogP contribution in [0.3, 0.4) is 0 Å². The van der Waals surface area contributed by atoms with Crippen LogP contribution < -0.4 is 11.1 Å². The summed E-state index contributed by atoms with van der Waals surface area (Å²) in [4.78, 5) is 23.9. The minimum atomic E-state index is -3.52. The van der Waals surface area contributed by atoms with Gasteiger partial charge in [0, 0.05) is 31.6 Å². The van der Waals surface area contributed by atoms with Crippen molar-refractivity contribution in [3.63, 3.8) is 0 Å². The molecule has 10 heteroatoms. The molecule has 2 heterocycles. The van der Waals surface area contributed by atoms with Gasteiger partial charge in [-0.2, -0.15) is 4.31 Å². The first kappa shape index (κ1) is 25.0. The van der Waals surface area contributed by atoms with Crippen LogP contribution in [-0.4, -0.2) is 65.7 Å². The third-order valence-corrected chi connectivity index (χ3v) is 8.18. The summed E-state index contributed by atoms with van der Waals surface area (Å²) >= 11 is 0. The molecule has 1 aliphatic rings. The van der Waals surface area contributed by atoms with Crippen molar-refractivity contribution in [1.29, 1.82) is 0 Å². The molecule has 0 bridgehead atoms. The topological polar surface area (TPSA) is 122 Å². The van der Waals surface area contributed by atoms with E-state index in [-0.39, 0.29) is 5.92 Å². The molecule has 3 N–H and O–H groups in total. The van der Waals surface area contributed by atoms with E-state index in [1.54, 1.807) is 12.1 Å². The second-order valence-electron chi connectivity index (χ2n) is 9.27. The van der Waals surface area contributed by atoms with E-state index in [1.807, 2.05) is 57.2 Å². The number of fused-ring (bicyclic) bond motifs is 1. The molecule has 1 saturated heterocycles. The number of carbonyl (C=O) groups is 1. The first-order valence-corrected chi connectivity index (χ1v) is 13.2. The fraction of sp³-hybridized carbons (Fsp3) is 0.400. The van der Waals surface area contributed by atoms with Crippen molar-refractivity contribution in [2.24, 2.45) is 11.7 Å². The fourth-order valence-electron chi connectivity index (χ4n) is 4.21. The molecule has 2 aromatic carbocycles. The minimum absolute atomic E-state index is 0.00627. The van der Waals surface area contributed by atoms with Crippen molar-refractivity contribution in [2.75, 3.05) is 31.5 Å². The lowest BCUT2D eigenvalue weighted by molar-refractivity contribution is -0.119. The van der Waals surface area contributed by atoms with E-state index in [4.69, 9.17) is 15.7 Å². The number of nitrogens with zero attached hydrogens (tertiary/aromatic N) is 4. The molecule has 1 aliphatic heterocycles. The molecule has 35 heavy (non-hydrogen) atoms. The molecular formula is C25H32N6O3S. The van der Waals surface area contributed by atoms with E-state index in [1.165, 1.54) is 4.31 Å². The first-order valence-electron chi connectivity index (χ1n) is 11.8. The highest BCUT2D eigenvalue weighted by molar-refractivity contribution is 7.89. The van der Waals surface area contributed by atoms with Gasteiger partial charge in [0.15, 0.2) is 0 Å². The molecule has 1 amide bonds. The Bertz CT molecular complexity index is 1300. The SMILES string of the molecule is Cc1ccc(S(=O)(=O)N2CCN(Cc3nc(N[C@H](C(N)=O)C(C)C)c4ccccc4n3)CC2)cc1. The smallest absolute Gasteiger partial charge is 0.243 e. The van der Waals surface area contributed by atoms with Crippen molar-refractivity contribution in [3.05, 3.63) is 59.9 Å². The molecule has 4 rings (SSSR count). The summed E-state index contributed by atoms with van der Waals surface area (Å²) in [7, 11) is -3.52. The first-order chi connectivity index (χ1) is 16.6. The molecule has 1 aromatic heterocycles. The van der Waals surface area contributed by atoms with Crippen molar-refractivity contribution in [3.8, 4) is 0 Å². The number of amides is 1. The number of anilines is 1. The van der Waals surface area contributed by atoms with Gasteiger partial charge in [0.1, 0.15) is 17.7 Å². The zero-order chi connectivity index (χ0) is 25.2. The number of aryl methyl sites for hydroxylation is 1.